The van der Waals surface area contributed by atoms with Gasteiger partial charge in [-0.3, -0.25) is 0 Å². The zero-order chi connectivity index (χ0) is 14.8. The smallest absolute Gasteiger partial charge is 0.0426 e. The Morgan fingerprint density at radius 2 is 1.52 bits per heavy atom. The summed E-state index contributed by atoms with van der Waals surface area (Å²) in [5.74, 6) is 1.30. The summed E-state index contributed by atoms with van der Waals surface area (Å²) >= 11 is 3.96. The van der Waals surface area contributed by atoms with Gasteiger partial charge in [0.1, 0.15) is 0 Å². The molecule has 0 N–H and O–H groups in total. The minimum absolute atomic E-state index is 0.465. The Bertz CT molecular complexity index is 597. The Morgan fingerprint density at radius 1 is 0.905 bits per heavy atom. The fourth-order valence-electron chi connectivity index (χ4n) is 3.31. The van der Waals surface area contributed by atoms with Crippen LogP contribution < -0.4 is 0 Å². The third-order valence-electron chi connectivity index (χ3n) is 4.72. The summed E-state index contributed by atoms with van der Waals surface area (Å²) < 4.78 is 0. The number of alkyl halides is 1. The van der Waals surface area contributed by atoms with Gasteiger partial charge in [-0.25, -0.2) is 0 Å². The molecule has 0 amide bonds. The maximum Gasteiger partial charge on any atom is 0.0426 e. The average molecular weight is 343 g/mol. The molecule has 2 aromatic rings. The van der Waals surface area contributed by atoms with Crippen LogP contribution in [0.4, 0.5) is 0 Å². The van der Waals surface area contributed by atoms with Crippen molar-refractivity contribution in [1.82, 2.24) is 0 Å². The number of hydrogen-bond donors (Lipinski definition) is 0. The van der Waals surface area contributed by atoms with Gasteiger partial charge >= 0.3 is 0 Å². The molecule has 0 aromatic heterocycles. The molecule has 0 bridgehead atoms. The van der Waals surface area contributed by atoms with Gasteiger partial charge in [0.15, 0.2) is 0 Å². The van der Waals surface area contributed by atoms with Crippen LogP contribution in [0.25, 0.3) is 0 Å². The standard InChI is InChI=1S/C20H23Br/c1-14(2)15-7-10-17(11-8-15)20(21)19-12-9-16-5-3-4-6-18(16)13-19/h3-8,10-11,14,19-20H,9,12-13H2,1-2H3. The first-order valence-electron chi connectivity index (χ1n) is 7.96. The highest BCUT2D eigenvalue weighted by molar-refractivity contribution is 9.09. The van der Waals surface area contributed by atoms with Gasteiger partial charge in [0.2, 0.25) is 0 Å². The second-order valence-electron chi connectivity index (χ2n) is 6.49. The highest BCUT2D eigenvalue weighted by Gasteiger charge is 2.25. The molecule has 1 heteroatoms. The lowest BCUT2D eigenvalue weighted by Gasteiger charge is -2.28. The van der Waals surface area contributed by atoms with Gasteiger partial charge in [0, 0.05) is 4.83 Å². The Morgan fingerprint density at radius 3 is 2.19 bits per heavy atom. The number of hydrogen-bond acceptors (Lipinski definition) is 0. The largest absolute Gasteiger partial charge is 0.0836 e. The van der Waals surface area contributed by atoms with Crippen LogP contribution in [0.15, 0.2) is 48.5 Å². The fraction of sp³-hybridized carbons (Fsp3) is 0.400. The molecule has 0 nitrogen and oxygen atoms in total. The van der Waals surface area contributed by atoms with E-state index in [4.69, 9.17) is 0 Å². The lowest BCUT2D eigenvalue weighted by Crippen LogP contribution is -2.18. The Hall–Kier alpha value is -1.08. The van der Waals surface area contributed by atoms with Gasteiger partial charge < -0.3 is 0 Å². The van der Waals surface area contributed by atoms with E-state index in [-0.39, 0.29) is 0 Å². The maximum atomic E-state index is 3.96. The second kappa shape index (κ2) is 6.36. The Balaban J connectivity index is 1.75. The second-order valence-corrected chi connectivity index (χ2v) is 7.48. The summed E-state index contributed by atoms with van der Waals surface area (Å²) in [5, 5.41) is 0. The Kier molecular flexibility index (Phi) is 4.49. The zero-order valence-corrected chi connectivity index (χ0v) is 14.4. The van der Waals surface area contributed by atoms with Crippen molar-refractivity contribution in [2.24, 2.45) is 5.92 Å². The van der Waals surface area contributed by atoms with Gasteiger partial charge in [0.25, 0.3) is 0 Å². The first-order chi connectivity index (χ1) is 10.1. The van der Waals surface area contributed by atoms with Gasteiger partial charge in [-0.05, 0) is 53.4 Å². The van der Waals surface area contributed by atoms with Gasteiger partial charge in [-0.15, -0.1) is 0 Å². The molecule has 1 aliphatic rings. The van der Waals surface area contributed by atoms with Crippen molar-refractivity contribution in [3.63, 3.8) is 0 Å². The van der Waals surface area contributed by atoms with E-state index >= 15 is 0 Å². The normalized spacial score (nSPS) is 19.3. The average Bonchev–Trinajstić information content (AvgIpc) is 2.54. The molecular formula is C20H23Br. The van der Waals surface area contributed by atoms with Crippen molar-refractivity contribution >= 4 is 15.9 Å². The molecule has 1 aliphatic carbocycles. The van der Waals surface area contributed by atoms with E-state index in [2.05, 4.69) is 78.3 Å². The topological polar surface area (TPSA) is 0 Å². The van der Waals surface area contributed by atoms with Crippen molar-refractivity contribution < 1.29 is 0 Å². The molecule has 0 radical (unpaired) electrons. The predicted octanol–water partition coefficient (Wildman–Crippen LogP) is 6.05. The molecule has 0 saturated carbocycles. The molecule has 110 valence electrons. The molecule has 0 fully saturated rings. The van der Waals surface area contributed by atoms with Crippen molar-refractivity contribution in [2.45, 2.75) is 43.9 Å². The van der Waals surface area contributed by atoms with Crippen molar-refractivity contribution in [3.05, 3.63) is 70.8 Å². The number of fused-ring (bicyclic) bond motifs is 1. The summed E-state index contributed by atoms with van der Waals surface area (Å²) in [6.45, 7) is 4.50. The molecule has 3 rings (SSSR count). The summed E-state index contributed by atoms with van der Waals surface area (Å²) in [6.07, 6.45) is 3.68. The summed E-state index contributed by atoms with van der Waals surface area (Å²) in [5.41, 5.74) is 5.93. The number of aryl methyl sites for hydroxylation is 1. The van der Waals surface area contributed by atoms with E-state index < -0.39 is 0 Å². The monoisotopic (exact) mass is 342 g/mol. The molecule has 0 spiro atoms. The molecule has 2 unspecified atom stereocenters. The minimum atomic E-state index is 0.465. The van der Waals surface area contributed by atoms with Crippen LogP contribution in [0.1, 0.15) is 53.3 Å². The van der Waals surface area contributed by atoms with E-state index in [0.29, 0.717) is 16.7 Å². The summed E-state index contributed by atoms with van der Waals surface area (Å²) in [6, 6.07) is 18.1. The molecule has 21 heavy (non-hydrogen) atoms. The molecular weight excluding hydrogens is 320 g/mol. The number of rotatable bonds is 3. The van der Waals surface area contributed by atoms with Crippen molar-refractivity contribution in [2.75, 3.05) is 0 Å². The van der Waals surface area contributed by atoms with Gasteiger partial charge in [-0.2, -0.15) is 0 Å². The molecule has 0 heterocycles. The van der Waals surface area contributed by atoms with Crippen LogP contribution in [0.3, 0.4) is 0 Å². The van der Waals surface area contributed by atoms with E-state index in [9.17, 15) is 0 Å². The van der Waals surface area contributed by atoms with E-state index in [0.717, 1.165) is 0 Å². The van der Waals surface area contributed by atoms with Crippen molar-refractivity contribution in [1.29, 1.82) is 0 Å². The maximum absolute atomic E-state index is 3.96. The van der Waals surface area contributed by atoms with Crippen LogP contribution >= 0.6 is 15.9 Å². The van der Waals surface area contributed by atoms with Crippen LogP contribution in [0, 0.1) is 5.92 Å². The zero-order valence-electron chi connectivity index (χ0n) is 12.9. The fourth-order valence-corrected chi connectivity index (χ4v) is 4.07. The van der Waals surface area contributed by atoms with Gasteiger partial charge in [-0.1, -0.05) is 78.3 Å². The number of halogens is 1. The SMILES string of the molecule is CC(C)c1ccc(C(Br)C2CCc3ccccc3C2)cc1. The first kappa shape index (κ1) is 14.8. The Labute approximate surface area is 136 Å². The number of benzene rings is 2. The minimum Gasteiger partial charge on any atom is -0.0836 e. The van der Waals surface area contributed by atoms with Crippen molar-refractivity contribution in [3.8, 4) is 0 Å². The molecule has 0 aliphatic heterocycles. The molecule has 2 atom stereocenters. The highest BCUT2D eigenvalue weighted by Crippen LogP contribution is 2.39. The highest BCUT2D eigenvalue weighted by atomic mass is 79.9. The van der Waals surface area contributed by atoms with Gasteiger partial charge in [0.05, 0.1) is 0 Å². The lowest BCUT2D eigenvalue weighted by atomic mass is 9.80. The molecule has 0 saturated heterocycles. The lowest BCUT2D eigenvalue weighted by molar-refractivity contribution is 0.453. The quantitative estimate of drug-likeness (QED) is 0.595. The first-order valence-corrected chi connectivity index (χ1v) is 8.87. The third-order valence-corrected chi connectivity index (χ3v) is 6.00. The summed E-state index contributed by atoms with van der Waals surface area (Å²) in [4.78, 5) is 0.465. The van der Waals surface area contributed by atoms with E-state index in [1.54, 1.807) is 5.56 Å². The van der Waals surface area contributed by atoms with Crippen LogP contribution in [0.5, 0.6) is 0 Å². The summed E-state index contributed by atoms with van der Waals surface area (Å²) in [7, 11) is 0. The third kappa shape index (κ3) is 3.23. The van der Waals surface area contributed by atoms with Crippen LogP contribution in [0.2, 0.25) is 0 Å². The molecule has 2 aromatic carbocycles. The predicted molar refractivity (Wildman–Crippen MR) is 94.2 cm³/mol. The van der Waals surface area contributed by atoms with Crippen LogP contribution in [-0.4, -0.2) is 0 Å². The van der Waals surface area contributed by atoms with Crippen LogP contribution in [-0.2, 0) is 12.8 Å². The van der Waals surface area contributed by atoms with E-state index in [1.165, 1.54) is 36.0 Å². The van der Waals surface area contributed by atoms with E-state index in [1.807, 2.05) is 0 Å².